The van der Waals surface area contributed by atoms with Gasteiger partial charge in [-0.1, -0.05) is 40.5 Å². The molecule has 0 unspecified atom stereocenters. The Labute approximate surface area is 143 Å². The van der Waals surface area contributed by atoms with E-state index in [4.69, 9.17) is 38.5 Å². The maximum atomic E-state index is 11.6. The summed E-state index contributed by atoms with van der Waals surface area (Å²) in [4.78, 5) is 16.4. The van der Waals surface area contributed by atoms with Crippen LogP contribution in [0.2, 0.25) is 10.0 Å². The standard InChI is InChI=1S/C16H14Cl2N2O3/c1-10-8-11(17)6-7-14(10)22-9-15(21)23-20-16(19)12-4-2-3-5-13(12)18/h2-8H,9H2,1H3,(H2,19,20). The van der Waals surface area contributed by atoms with E-state index in [2.05, 4.69) is 5.16 Å². The van der Waals surface area contributed by atoms with Gasteiger partial charge in [-0.25, -0.2) is 4.79 Å². The van der Waals surface area contributed by atoms with E-state index in [1.165, 1.54) is 0 Å². The summed E-state index contributed by atoms with van der Waals surface area (Å²) < 4.78 is 5.35. The zero-order chi connectivity index (χ0) is 16.8. The molecule has 0 spiro atoms. The molecule has 23 heavy (non-hydrogen) atoms. The summed E-state index contributed by atoms with van der Waals surface area (Å²) in [5, 5.41) is 4.57. The SMILES string of the molecule is Cc1cc(Cl)ccc1OCC(=O)O/N=C(/N)c1ccccc1Cl. The van der Waals surface area contributed by atoms with Gasteiger partial charge in [0.1, 0.15) is 5.75 Å². The van der Waals surface area contributed by atoms with Crippen molar-refractivity contribution >= 4 is 35.0 Å². The van der Waals surface area contributed by atoms with Gasteiger partial charge in [-0.2, -0.15) is 0 Å². The van der Waals surface area contributed by atoms with Crippen LogP contribution >= 0.6 is 23.2 Å². The zero-order valence-corrected chi connectivity index (χ0v) is 13.8. The number of aryl methyl sites for hydroxylation is 1. The summed E-state index contributed by atoms with van der Waals surface area (Å²) in [5.74, 6) is -0.143. The maximum absolute atomic E-state index is 11.6. The number of benzene rings is 2. The predicted octanol–water partition coefficient (Wildman–Crippen LogP) is 3.54. The summed E-state index contributed by atoms with van der Waals surface area (Å²) in [5.41, 5.74) is 7.02. The number of rotatable bonds is 5. The lowest BCUT2D eigenvalue weighted by Crippen LogP contribution is -2.18. The van der Waals surface area contributed by atoms with E-state index in [0.29, 0.717) is 21.4 Å². The molecule has 7 heteroatoms. The first-order chi connectivity index (χ1) is 11.0. The Hall–Kier alpha value is -2.24. The van der Waals surface area contributed by atoms with Crippen molar-refractivity contribution in [1.29, 1.82) is 0 Å². The van der Waals surface area contributed by atoms with Gasteiger partial charge in [-0.05, 0) is 42.8 Å². The third-order valence-corrected chi connectivity index (χ3v) is 3.44. The number of oxime groups is 1. The molecule has 0 bridgehead atoms. The minimum atomic E-state index is -0.686. The van der Waals surface area contributed by atoms with Crippen molar-refractivity contribution in [3.05, 3.63) is 63.6 Å². The van der Waals surface area contributed by atoms with Gasteiger partial charge in [0.25, 0.3) is 0 Å². The molecule has 2 N–H and O–H groups in total. The first-order valence-corrected chi connectivity index (χ1v) is 7.40. The molecule has 2 rings (SSSR count). The highest BCUT2D eigenvalue weighted by Gasteiger charge is 2.09. The monoisotopic (exact) mass is 352 g/mol. The van der Waals surface area contributed by atoms with E-state index in [1.54, 1.807) is 42.5 Å². The number of nitrogens with two attached hydrogens (primary N) is 1. The van der Waals surface area contributed by atoms with Crippen molar-refractivity contribution in [2.45, 2.75) is 6.92 Å². The minimum absolute atomic E-state index is 0.00613. The molecule has 0 fully saturated rings. The number of ether oxygens (including phenoxy) is 1. The molecule has 0 saturated carbocycles. The smallest absolute Gasteiger partial charge is 0.372 e. The molecule has 0 heterocycles. The van der Waals surface area contributed by atoms with Crippen LogP contribution in [0, 0.1) is 6.92 Å². The molecule has 2 aromatic carbocycles. The molecule has 0 saturated heterocycles. The van der Waals surface area contributed by atoms with Crippen LogP contribution in [0.15, 0.2) is 47.6 Å². The molecule has 0 aliphatic carbocycles. The second-order valence-electron chi connectivity index (χ2n) is 4.62. The van der Waals surface area contributed by atoms with Crippen LogP contribution in [0.5, 0.6) is 5.75 Å². The highest BCUT2D eigenvalue weighted by atomic mass is 35.5. The Morgan fingerprint density at radius 3 is 2.65 bits per heavy atom. The number of nitrogens with zero attached hydrogens (tertiary/aromatic N) is 1. The molecule has 0 amide bonds. The number of halogens is 2. The fraction of sp³-hybridized carbons (Fsp3) is 0.125. The Morgan fingerprint density at radius 1 is 1.22 bits per heavy atom. The van der Waals surface area contributed by atoms with Crippen molar-refractivity contribution in [2.75, 3.05) is 6.61 Å². The Bertz CT molecular complexity index is 748. The van der Waals surface area contributed by atoms with Crippen molar-refractivity contribution in [3.8, 4) is 5.75 Å². The maximum Gasteiger partial charge on any atom is 0.372 e. The van der Waals surface area contributed by atoms with E-state index >= 15 is 0 Å². The van der Waals surface area contributed by atoms with Gasteiger partial charge in [-0.15, -0.1) is 0 Å². The molecule has 5 nitrogen and oxygen atoms in total. The van der Waals surface area contributed by atoms with E-state index in [0.717, 1.165) is 5.56 Å². The first kappa shape index (κ1) is 17.1. The van der Waals surface area contributed by atoms with Crippen molar-refractivity contribution in [1.82, 2.24) is 0 Å². The van der Waals surface area contributed by atoms with Gasteiger partial charge in [0.2, 0.25) is 0 Å². The molecule has 0 aliphatic heterocycles. The fourth-order valence-corrected chi connectivity index (χ4v) is 2.22. The summed E-state index contributed by atoms with van der Waals surface area (Å²) in [7, 11) is 0. The second-order valence-corrected chi connectivity index (χ2v) is 5.46. The summed E-state index contributed by atoms with van der Waals surface area (Å²) in [6.45, 7) is 1.52. The summed E-state index contributed by atoms with van der Waals surface area (Å²) >= 11 is 11.8. The minimum Gasteiger partial charge on any atom is -0.482 e. The van der Waals surface area contributed by atoms with Crippen molar-refractivity contribution in [3.63, 3.8) is 0 Å². The van der Waals surface area contributed by atoms with Gasteiger partial charge in [0.05, 0.1) is 5.02 Å². The molecular weight excluding hydrogens is 339 g/mol. The molecule has 0 aliphatic rings. The van der Waals surface area contributed by atoms with Crippen LogP contribution in [-0.2, 0) is 9.63 Å². The molecule has 2 aromatic rings. The van der Waals surface area contributed by atoms with Gasteiger partial charge < -0.3 is 15.3 Å². The average molecular weight is 353 g/mol. The molecule has 0 atom stereocenters. The first-order valence-electron chi connectivity index (χ1n) is 6.64. The van der Waals surface area contributed by atoms with E-state index in [9.17, 15) is 4.79 Å². The van der Waals surface area contributed by atoms with Crippen molar-refractivity contribution < 1.29 is 14.4 Å². The topological polar surface area (TPSA) is 73.9 Å². The van der Waals surface area contributed by atoms with Gasteiger partial charge >= 0.3 is 5.97 Å². The van der Waals surface area contributed by atoms with Gasteiger partial charge in [0.15, 0.2) is 12.4 Å². The van der Waals surface area contributed by atoms with Crippen LogP contribution < -0.4 is 10.5 Å². The van der Waals surface area contributed by atoms with Crippen molar-refractivity contribution in [2.24, 2.45) is 10.9 Å². The van der Waals surface area contributed by atoms with E-state index in [1.807, 2.05) is 6.92 Å². The number of carbonyl (C=O) groups is 1. The Kier molecular flexibility index (Phi) is 5.84. The van der Waals surface area contributed by atoms with Gasteiger partial charge in [-0.3, -0.25) is 0 Å². The van der Waals surface area contributed by atoms with Gasteiger partial charge in [0, 0.05) is 10.6 Å². The van der Waals surface area contributed by atoms with E-state index < -0.39 is 5.97 Å². The quantitative estimate of drug-likeness (QED) is 0.386. The fourth-order valence-electron chi connectivity index (χ4n) is 1.76. The largest absolute Gasteiger partial charge is 0.482 e. The number of hydrogen-bond acceptors (Lipinski definition) is 4. The Balaban J connectivity index is 1.92. The Morgan fingerprint density at radius 2 is 1.96 bits per heavy atom. The third-order valence-electron chi connectivity index (χ3n) is 2.88. The van der Waals surface area contributed by atoms with Crippen LogP contribution in [0.1, 0.15) is 11.1 Å². The summed E-state index contributed by atoms with van der Waals surface area (Å²) in [6, 6.07) is 11.9. The second kappa shape index (κ2) is 7.85. The number of amidine groups is 1. The lowest BCUT2D eigenvalue weighted by atomic mass is 10.2. The molecule has 120 valence electrons. The van der Waals surface area contributed by atoms with E-state index in [-0.39, 0.29) is 12.4 Å². The third kappa shape index (κ3) is 4.87. The van der Waals surface area contributed by atoms with Crippen LogP contribution in [-0.4, -0.2) is 18.4 Å². The van der Waals surface area contributed by atoms with Crippen LogP contribution in [0.4, 0.5) is 0 Å². The summed E-state index contributed by atoms with van der Waals surface area (Å²) in [6.07, 6.45) is 0. The average Bonchev–Trinajstić information content (AvgIpc) is 2.52. The molecular formula is C16H14Cl2N2O3. The highest BCUT2D eigenvalue weighted by molar-refractivity contribution is 6.34. The lowest BCUT2D eigenvalue weighted by Gasteiger charge is -2.08. The molecule has 0 radical (unpaired) electrons. The van der Waals surface area contributed by atoms with Crippen LogP contribution in [0.3, 0.4) is 0 Å². The molecule has 0 aromatic heterocycles. The normalized spacial score (nSPS) is 11.2. The number of hydrogen-bond donors (Lipinski definition) is 1. The predicted molar refractivity (Wildman–Crippen MR) is 90.0 cm³/mol. The highest BCUT2D eigenvalue weighted by Crippen LogP contribution is 2.21. The lowest BCUT2D eigenvalue weighted by molar-refractivity contribution is -0.146. The van der Waals surface area contributed by atoms with Crippen LogP contribution in [0.25, 0.3) is 0 Å². The zero-order valence-electron chi connectivity index (χ0n) is 12.3. The number of carbonyl (C=O) groups excluding carboxylic acids is 1.